The number of benzene rings is 1. The van der Waals surface area contributed by atoms with E-state index in [0.717, 1.165) is 0 Å². The lowest BCUT2D eigenvalue weighted by Crippen LogP contribution is -2.50. The average molecular weight is 422 g/mol. The summed E-state index contributed by atoms with van der Waals surface area (Å²) >= 11 is 0. The van der Waals surface area contributed by atoms with E-state index in [1.165, 1.54) is 18.2 Å². The summed E-state index contributed by atoms with van der Waals surface area (Å²) in [7, 11) is 0. The number of aromatic nitrogens is 2. The van der Waals surface area contributed by atoms with Crippen LogP contribution in [0.15, 0.2) is 34.9 Å². The zero-order valence-electron chi connectivity index (χ0n) is 15.8. The maximum atomic E-state index is 12.8. The van der Waals surface area contributed by atoms with Gasteiger partial charge in [-0.3, -0.25) is 9.59 Å². The number of carbonyl (C=O) groups is 2. The topological polar surface area (TPSA) is 91.7 Å². The van der Waals surface area contributed by atoms with Crippen LogP contribution in [0.25, 0.3) is 10.9 Å². The highest BCUT2D eigenvalue weighted by atomic mass is 19.4. The summed E-state index contributed by atoms with van der Waals surface area (Å²) in [5, 5.41) is 4.28. The highest BCUT2D eigenvalue weighted by Crippen LogP contribution is 2.27. The molecular formula is C19H17F3N4O4. The van der Waals surface area contributed by atoms with Crippen molar-refractivity contribution in [2.24, 2.45) is 0 Å². The van der Waals surface area contributed by atoms with Crippen LogP contribution in [0.3, 0.4) is 0 Å². The molecule has 1 aliphatic heterocycles. The van der Waals surface area contributed by atoms with Crippen molar-refractivity contribution in [3.05, 3.63) is 47.5 Å². The fourth-order valence-electron chi connectivity index (χ4n) is 3.32. The first-order chi connectivity index (χ1) is 14.2. The number of carbonyl (C=O) groups excluding carboxylic acids is 2. The van der Waals surface area contributed by atoms with E-state index < -0.39 is 6.36 Å². The van der Waals surface area contributed by atoms with Crippen molar-refractivity contribution in [2.45, 2.75) is 13.3 Å². The van der Waals surface area contributed by atoms with Crippen LogP contribution in [0, 0.1) is 6.92 Å². The van der Waals surface area contributed by atoms with E-state index in [-0.39, 0.29) is 29.0 Å². The maximum absolute atomic E-state index is 12.8. The second-order valence-corrected chi connectivity index (χ2v) is 6.90. The van der Waals surface area contributed by atoms with E-state index in [9.17, 15) is 22.8 Å². The minimum Gasteiger partial charge on any atom is -0.406 e. The number of H-pyrrole nitrogens is 1. The van der Waals surface area contributed by atoms with Crippen molar-refractivity contribution in [2.75, 3.05) is 26.2 Å². The highest BCUT2D eigenvalue weighted by molar-refractivity contribution is 5.98. The molecule has 0 saturated carbocycles. The van der Waals surface area contributed by atoms with Gasteiger partial charge in [0.25, 0.3) is 11.8 Å². The molecule has 30 heavy (non-hydrogen) atoms. The Kier molecular flexibility index (Phi) is 4.88. The number of hydrogen-bond donors (Lipinski definition) is 1. The number of alkyl halides is 3. The van der Waals surface area contributed by atoms with Crippen molar-refractivity contribution in [3.8, 4) is 5.75 Å². The molecule has 0 radical (unpaired) electrons. The molecule has 2 amide bonds. The van der Waals surface area contributed by atoms with Gasteiger partial charge in [0, 0.05) is 49.2 Å². The Labute approximate surface area is 168 Å². The lowest BCUT2D eigenvalue weighted by molar-refractivity contribution is -0.274. The van der Waals surface area contributed by atoms with Crippen LogP contribution in [-0.2, 0) is 0 Å². The molecule has 1 aliphatic rings. The lowest BCUT2D eigenvalue weighted by Gasteiger charge is -2.34. The number of hydrogen-bond acceptors (Lipinski definition) is 5. The van der Waals surface area contributed by atoms with Gasteiger partial charge in [-0.05, 0) is 25.1 Å². The number of fused-ring (bicyclic) bond motifs is 1. The van der Waals surface area contributed by atoms with Crippen molar-refractivity contribution in [1.29, 1.82) is 0 Å². The van der Waals surface area contributed by atoms with Crippen LogP contribution in [-0.4, -0.2) is 64.3 Å². The van der Waals surface area contributed by atoms with E-state index in [2.05, 4.69) is 14.9 Å². The minimum atomic E-state index is -4.79. The van der Waals surface area contributed by atoms with E-state index >= 15 is 0 Å². The fraction of sp³-hybridized carbons (Fsp3) is 0.316. The van der Waals surface area contributed by atoms with Gasteiger partial charge in [-0.15, -0.1) is 13.2 Å². The molecule has 0 bridgehead atoms. The molecule has 3 heterocycles. The molecule has 0 spiro atoms. The zero-order valence-corrected chi connectivity index (χ0v) is 15.8. The summed E-state index contributed by atoms with van der Waals surface area (Å²) in [6, 6.07) is 6.95. The molecule has 1 N–H and O–H groups in total. The van der Waals surface area contributed by atoms with Crippen molar-refractivity contribution in [3.63, 3.8) is 0 Å². The van der Waals surface area contributed by atoms with Crippen LogP contribution in [0.5, 0.6) is 5.75 Å². The summed E-state index contributed by atoms with van der Waals surface area (Å²) in [5.41, 5.74) is 1.21. The molecule has 0 unspecified atom stereocenters. The van der Waals surface area contributed by atoms with Gasteiger partial charge in [0.05, 0.1) is 5.69 Å². The smallest absolute Gasteiger partial charge is 0.406 e. The number of aromatic amines is 1. The molecular weight excluding hydrogens is 405 g/mol. The number of amides is 2. The molecule has 2 aromatic heterocycles. The van der Waals surface area contributed by atoms with E-state index in [4.69, 9.17) is 4.52 Å². The number of ether oxygens (including phenoxy) is 1. The number of rotatable bonds is 3. The third-order valence-electron chi connectivity index (χ3n) is 4.75. The third kappa shape index (κ3) is 4.09. The largest absolute Gasteiger partial charge is 0.573 e. The van der Waals surface area contributed by atoms with Crippen LogP contribution in [0.4, 0.5) is 13.2 Å². The van der Waals surface area contributed by atoms with E-state index in [0.29, 0.717) is 42.8 Å². The van der Waals surface area contributed by atoms with Gasteiger partial charge in [-0.25, -0.2) is 0 Å². The van der Waals surface area contributed by atoms with Crippen molar-refractivity contribution in [1.82, 2.24) is 19.9 Å². The molecule has 1 aromatic carbocycles. The summed E-state index contributed by atoms with van der Waals surface area (Å²) in [4.78, 5) is 31.2. The second-order valence-electron chi connectivity index (χ2n) is 6.90. The Hall–Kier alpha value is -3.50. The molecule has 1 saturated heterocycles. The zero-order chi connectivity index (χ0) is 21.5. The van der Waals surface area contributed by atoms with Crippen LogP contribution < -0.4 is 4.74 Å². The number of halogens is 3. The SMILES string of the molecule is Cc1cc(C(=O)N2CCN(C(=O)c3cc4ccc(OC(F)(F)F)cc4[nH]3)CC2)on1. The Balaban J connectivity index is 1.42. The monoisotopic (exact) mass is 422 g/mol. The van der Waals surface area contributed by atoms with Gasteiger partial charge >= 0.3 is 6.36 Å². The normalized spacial score (nSPS) is 14.9. The fourth-order valence-corrected chi connectivity index (χ4v) is 3.32. The Morgan fingerprint density at radius 3 is 2.33 bits per heavy atom. The standard InChI is InChI=1S/C19H17F3N4O4/c1-11-8-16(30-24-11)18(28)26-6-4-25(5-7-26)17(27)15-9-12-2-3-13(10-14(12)23-15)29-19(20,21)22/h2-3,8-10,23H,4-7H2,1H3. The molecule has 4 rings (SSSR count). The Morgan fingerprint density at radius 1 is 1.07 bits per heavy atom. The van der Waals surface area contributed by atoms with E-state index in [1.54, 1.807) is 28.9 Å². The molecule has 0 atom stereocenters. The van der Waals surface area contributed by atoms with Gasteiger partial charge in [-0.2, -0.15) is 0 Å². The molecule has 0 aliphatic carbocycles. The second kappa shape index (κ2) is 7.39. The predicted molar refractivity (Wildman–Crippen MR) is 98.0 cm³/mol. The first-order valence-corrected chi connectivity index (χ1v) is 9.10. The summed E-state index contributed by atoms with van der Waals surface area (Å²) in [6.07, 6.45) is -4.79. The first kappa shape index (κ1) is 19.8. The van der Waals surface area contributed by atoms with Gasteiger partial charge in [0.1, 0.15) is 11.4 Å². The van der Waals surface area contributed by atoms with Crippen LogP contribution in [0.2, 0.25) is 0 Å². The highest BCUT2D eigenvalue weighted by Gasteiger charge is 2.31. The predicted octanol–water partition coefficient (Wildman–Crippen LogP) is 2.96. The van der Waals surface area contributed by atoms with Crippen molar-refractivity contribution >= 4 is 22.7 Å². The van der Waals surface area contributed by atoms with Crippen LogP contribution >= 0.6 is 0 Å². The molecule has 158 valence electrons. The number of piperazine rings is 1. The minimum absolute atomic E-state index is 0.153. The van der Waals surface area contributed by atoms with Crippen LogP contribution in [0.1, 0.15) is 26.7 Å². The number of nitrogens with zero attached hydrogens (tertiary/aromatic N) is 3. The summed E-state index contributed by atoms with van der Waals surface area (Å²) in [5.74, 6) is -0.803. The number of aryl methyl sites for hydroxylation is 1. The quantitative estimate of drug-likeness (QED) is 0.701. The summed E-state index contributed by atoms with van der Waals surface area (Å²) < 4.78 is 46.0. The van der Waals surface area contributed by atoms with Crippen molar-refractivity contribution < 1.29 is 32.0 Å². The van der Waals surface area contributed by atoms with Gasteiger partial charge in [0.15, 0.2) is 0 Å². The Morgan fingerprint density at radius 2 is 1.73 bits per heavy atom. The maximum Gasteiger partial charge on any atom is 0.573 e. The number of nitrogens with one attached hydrogen (secondary N) is 1. The van der Waals surface area contributed by atoms with Gasteiger partial charge in [0.2, 0.25) is 5.76 Å². The summed E-state index contributed by atoms with van der Waals surface area (Å²) in [6.45, 7) is 3.00. The van der Waals surface area contributed by atoms with Gasteiger partial charge < -0.3 is 24.0 Å². The molecule has 3 aromatic rings. The first-order valence-electron chi connectivity index (χ1n) is 9.10. The molecule has 11 heteroatoms. The van der Waals surface area contributed by atoms with E-state index in [1.807, 2.05) is 0 Å². The van der Waals surface area contributed by atoms with Gasteiger partial charge in [-0.1, -0.05) is 5.16 Å². The lowest BCUT2D eigenvalue weighted by atomic mass is 10.2. The molecule has 1 fully saturated rings. The third-order valence-corrected chi connectivity index (χ3v) is 4.75. The average Bonchev–Trinajstić information content (AvgIpc) is 3.31. The molecule has 8 nitrogen and oxygen atoms in total. The Bertz CT molecular complexity index is 1100.